The van der Waals surface area contributed by atoms with Crippen LogP contribution in [0.2, 0.25) is 0 Å². The van der Waals surface area contributed by atoms with Crippen molar-refractivity contribution in [2.24, 2.45) is 0 Å². The third-order valence-electron chi connectivity index (χ3n) is 5.15. The van der Waals surface area contributed by atoms with Crippen LogP contribution in [0.5, 0.6) is 5.75 Å². The predicted molar refractivity (Wildman–Crippen MR) is 121 cm³/mol. The molecular formula is C22H26BrNO4S. The molecule has 0 radical (unpaired) electrons. The number of hydrogen-bond acceptors (Lipinski definition) is 5. The molecule has 1 aliphatic rings. The number of fused-ring (bicyclic) bond motifs is 1. The Bertz CT molecular complexity index is 875. The predicted octanol–water partition coefficient (Wildman–Crippen LogP) is 4.57. The van der Waals surface area contributed by atoms with Crippen LogP contribution in [-0.2, 0) is 14.3 Å². The summed E-state index contributed by atoms with van der Waals surface area (Å²) in [6, 6.07) is 11.4. The standard InChI is InChI=1S/C22H26BrNO4S/c1-15(16-5-6-18-12-19(27-2)8-7-17(18)11-16)21(25)24-14-29-13-20(24)22(26)28-10-4-3-9-23/h5-8,11-12,15,20H,3-4,9-10,13-14H2,1-2H3. The molecule has 0 aromatic heterocycles. The molecule has 0 aliphatic carbocycles. The Morgan fingerprint density at radius 3 is 2.72 bits per heavy atom. The third-order valence-corrected chi connectivity index (χ3v) is 6.72. The lowest BCUT2D eigenvalue weighted by atomic mass is 9.96. The molecule has 0 spiro atoms. The number of carbonyl (C=O) groups excluding carboxylic acids is 2. The second kappa shape index (κ2) is 10.3. The normalized spacial score (nSPS) is 17.3. The van der Waals surface area contributed by atoms with E-state index in [0.29, 0.717) is 18.2 Å². The van der Waals surface area contributed by atoms with Crippen molar-refractivity contribution in [3.63, 3.8) is 0 Å². The van der Waals surface area contributed by atoms with Gasteiger partial charge < -0.3 is 14.4 Å². The van der Waals surface area contributed by atoms with Crippen molar-refractivity contribution in [1.29, 1.82) is 0 Å². The van der Waals surface area contributed by atoms with E-state index in [1.807, 2.05) is 43.3 Å². The molecule has 156 valence electrons. The molecule has 1 saturated heterocycles. The van der Waals surface area contributed by atoms with E-state index in [-0.39, 0.29) is 17.8 Å². The lowest BCUT2D eigenvalue weighted by molar-refractivity contribution is -0.153. The van der Waals surface area contributed by atoms with E-state index < -0.39 is 6.04 Å². The average Bonchev–Trinajstić information content (AvgIpc) is 3.24. The van der Waals surface area contributed by atoms with Gasteiger partial charge in [-0.15, -0.1) is 11.8 Å². The number of benzene rings is 2. The van der Waals surface area contributed by atoms with Gasteiger partial charge in [-0.25, -0.2) is 4.79 Å². The molecule has 1 amide bonds. The Morgan fingerprint density at radius 1 is 1.21 bits per heavy atom. The van der Waals surface area contributed by atoms with Gasteiger partial charge in [-0.1, -0.05) is 40.2 Å². The minimum absolute atomic E-state index is 0.0368. The van der Waals surface area contributed by atoms with Crippen LogP contribution < -0.4 is 4.74 Å². The molecule has 1 heterocycles. The Morgan fingerprint density at radius 2 is 1.97 bits per heavy atom. The maximum absolute atomic E-state index is 13.2. The van der Waals surface area contributed by atoms with Crippen LogP contribution in [0.3, 0.4) is 0 Å². The molecule has 0 saturated carbocycles. The number of ether oxygens (including phenoxy) is 2. The van der Waals surface area contributed by atoms with Crippen molar-refractivity contribution < 1.29 is 19.1 Å². The van der Waals surface area contributed by atoms with Crippen molar-refractivity contribution in [2.45, 2.75) is 31.7 Å². The maximum atomic E-state index is 13.2. The molecule has 0 N–H and O–H groups in total. The van der Waals surface area contributed by atoms with Gasteiger partial charge in [-0.2, -0.15) is 0 Å². The van der Waals surface area contributed by atoms with E-state index in [1.54, 1.807) is 23.8 Å². The van der Waals surface area contributed by atoms with Crippen LogP contribution in [0.1, 0.15) is 31.2 Å². The van der Waals surface area contributed by atoms with Gasteiger partial charge in [-0.3, -0.25) is 4.79 Å². The molecule has 1 fully saturated rings. The summed E-state index contributed by atoms with van der Waals surface area (Å²) in [5.41, 5.74) is 0.939. The highest BCUT2D eigenvalue weighted by Gasteiger charge is 2.37. The molecule has 7 heteroatoms. The zero-order valence-corrected chi connectivity index (χ0v) is 19.1. The monoisotopic (exact) mass is 479 g/mol. The number of nitrogens with zero attached hydrogens (tertiary/aromatic N) is 1. The molecule has 1 aliphatic heterocycles. The Kier molecular flexibility index (Phi) is 7.84. The van der Waals surface area contributed by atoms with Gasteiger partial charge in [-0.05, 0) is 48.2 Å². The van der Waals surface area contributed by atoms with Gasteiger partial charge in [0, 0.05) is 11.1 Å². The Hall–Kier alpha value is -1.73. The van der Waals surface area contributed by atoms with Gasteiger partial charge in [0.05, 0.1) is 25.5 Å². The van der Waals surface area contributed by atoms with E-state index in [0.717, 1.165) is 40.3 Å². The maximum Gasteiger partial charge on any atom is 0.329 e. The number of hydrogen-bond donors (Lipinski definition) is 0. The highest BCUT2D eigenvalue weighted by molar-refractivity contribution is 9.09. The summed E-state index contributed by atoms with van der Waals surface area (Å²) in [5, 5.41) is 3.01. The number of thioether (sulfide) groups is 1. The van der Waals surface area contributed by atoms with E-state index in [1.165, 1.54) is 0 Å². The second-order valence-corrected chi connectivity index (χ2v) is 8.87. The third kappa shape index (κ3) is 5.25. The minimum atomic E-state index is -0.497. The molecule has 2 atom stereocenters. The van der Waals surface area contributed by atoms with Crippen molar-refractivity contribution in [3.05, 3.63) is 42.0 Å². The van der Waals surface area contributed by atoms with Gasteiger partial charge >= 0.3 is 5.97 Å². The van der Waals surface area contributed by atoms with Crippen molar-refractivity contribution in [1.82, 2.24) is 4.90 Å². The minimum Gasteiger partial charge on any atom is -0.497 e. The molecule has 2 aromatic rings. The first kappa shape index (κ1) is 22.0. The van der Waals surface area contributed by atoms with Gasteiger partial charge in [0.2, 0.25) is 5.91 Å². The summed E-state index contributed by atoms with van der Waals surface area (Å²) in [6.07, 6.45) is 1.78. The number of carbonyl (C=O) groups is 2. The van der Waals surface area contributed by atoms with Crippen LogP contribution in [0.4, 0.5) is 0 Å². The number of halogens is 1. The molecule has 2 aromatic carbocycles. The summed E-state index contributed by atoms with van der Waals surface area (Å²) in [6.45, 7) is 2.30. The lowest BCUT2D eigenvalue weighted by Crippen LogP contribution is -2.44. The van der Waals surface area contributed by atoms with E-state index in [9.17, 15) is 9.59 Å². The largest absolute Gasteiger partial charge is 0.497 e. The molecule has 3 rings (SSSR count). The number of alkyl halides is 1. The zero-order chi connectivity index (χ0) is 20.8. The lowest BCUT2D eigenvalue weighted by Gasteiger charge is -2.25. The van der Waals surface area contributed by atoms with Crippen LogP contribution in [0.25, 0.3) is 10.8 Å². The fourth-order valence-corrected chi connectivity index (χ4v) is 4.90. The highest BCUT2D eigenvalue weighted by atomic mass is 79.9. The highest BCUT2D eigenvalue weighted by Crippen LogP contribution is 2.30. The first-order valence-electron chi connectivity index (χ1n) is 9.73. The molecule has 0 bridgehead atoms. The number of unbranched alkanes of at least 4 members (excludes halogenated alkanes) is 1. The summed E-state index contributed by atoms with van der Waals surface area (Å²) in [7, 11) is 1.65. The summed E-state index contributed by atoms with van der Waals surface area (Å²) in [4.78, 5) is 27.3. The fraction of sp³-hybridized carbons (Fsp3) is 0.455. The molecule has 2 unspecified atom stereocenters. The molecular weight excluding hydrogens is 454 g/mol. The number of amides is 1. The SMILES string of the molecule is COc1ccc2cc(C(C)C(=O)N3CSCC3C(=O)OCCCCBr)ccc2c1. The Labute approximate surface area is 184 Å². The molecule has 29 heavy (non-hydrogen) atoms. The number of esters is 1. The first-order chi connectivity index (χ1) is 14.0. The number of rotatable bonds is 8. The van der Waals surface area contributed by atoms with E-state index in [4.69, 9.17) is 9.47 Å². The van der Waals surface area contributed by atoms with Crippen LogP contribution in [0.15, 0.2) is 36.4 Å². The van der Waals surface area contributed by atoms with E-state index in [2.05, 4.69) is 15.9 Å². The van der Waals surface area contributed by atoms with Crippen LogP contribution >= 0.6 is 27.7 Å². The average molecular weight is 480 g/mol. The van der Waals surface area contributed by atoms with Gasteiger partial charge in [0.1, 0.15) is 11.8 Å². The van der Waals surface area contributed by atoms with Gasteiger partial charge in [0.15, 0.2) is 0 Å². The summed E-state index contributed by atoms with van der Waals surface area (Å²) >= 11 is 4.96. The van der Waals surface area contributed by atoms with Crippen molar-refractivity contribution in [2.75, 3.05) is 30.7 Å². The van der Waals surface area contributed by atoms with E-state index >= 15 is 0 Å². The quantitative estimate of drug-likeness (QED) is 0.315. The molecule has 5 nitrogen and oxygen atoms in total. The van der Waals surface area contributed by atoms with Gasteiger partial charge in [0.25, 0.3) is 0 Å². The smallest absolute Gasteiger partial charge is 0.329 e. The van der Waals surface area contributed by atoms with Crippen molar-refractivity contribution in [3.8, 4) is 5.75 Å². The fourth-order valence-electron chi connectivity index (χ4n) is 3.35. The summed E-state index contributed by atoms with van der Waals surface area (Å²) < 4.78 is 10.7. The topological polar surface area (TPSA) is 55.8 Å². The number of methoxy groups -OCH3 is 1. The van der Waals surface area contributed by atoms with Crippen molar-refractivity contribution >= 4 is 50.3 Å². The first-order valence-corrected chi connectivity index (χ1v) is 12.0. The zero-order valence-electron chi connectivity index (χ0n) is 16.7. The second-order valence-electron chi connectivity index (χ2n) is 7.08. The van der Waals surface area contributed by atoms with Crippen LogP contribution in [-0.4, -0.2) is 53.5 Å². The van der Waals surface area contributed by atoms with Crippen LogP contribution in [0, 0.1) is 0 Å². The summed E-state index contributed by atoms with van der Waals surface area (Å²) in [5.74, 6) is 1.26. The Balaban J connectivity index is 1.69.